The standard InChI is InChI=1S/C20H34N4O3/c1-21-20(23-15-17-6-5-11-24(17)12-13-25-2)22-10-9-16-7-8-18(26-3)19(14-16)27-4/h7-8,14,17H,5-6,9-13,15H2,1-4H3,(H2,21,22,23). The molecule has 1 saturated heterocycles. The molecule has 27 heavy (non-hydrogen) atoms. The molecule has 1 aromatic carbocycles. The SMILES string of the molecule is CN=C(NCCc1ccc(OC)c(OC)c1)NCC1CCCN1CCOC. The Kier molecular flexibility index (Phi) is 9.21. The predicted molar refractivity (Wildman–Crippen MR) is 109 cm³/mol. The van der Waals surface area contributed by atoms with Crippen molar-refractivity contribution in [3.8, 4) is 11.5 Å². The third kappa shape index (κ3) is 6.59. The van der Waals surface area contributed by atoms with E-state index in [9.17, 15) is 0 Å². The van der Waals surface area contributed by atoms with Gasteiger partial charge < -0.3 is 24.8 Å². The molecule has 0 aromatic heterocycles. The zero-order valence-electron chi connectivity index (χ0n) is 17.1. The number of methoxy groups -OCH3 is 3. The first kappa shape index (κ1) is 21.3. The van der Waals surface area contributed by atoms with E-state index in [-0.39, 0.29) is 0 Å². The molecule has 1 atom stereocenters. The van der Waals surface area contributed by atoms with Crippen molar-refractivity contribution in [3.63, 3.8) is 0 Å². The van der Waals surface area contributed by atoms with Gasteiger partial charge in [-0.05, 0) is 43.5 Å². The van der Waals surface area contributed by atoms with Gasteiger partial charge in [0.2, 0.25) is 0 Å². The lowest BCUT2D eigenvalue weighted by Gasteiger charge is -2.25. The quantitative estimate of drug-likeness (QED) is 0.475. The molecule has 1 unspecified atom stereocenters. The van der Waals surface area contributed by atoms with Crippen molar-refractivity contribution in [1.29, 1.82) is 0 Å². The average molecular weight is 379 g/mol. The average Bonchev–Trinajstić information content (AvgIpc) is 3.15. The third-order valence-electron chi connectivity index (χ3n) is 4.96. The Morgan fingerprint density at radius 2 is 2.00 bits per heavy atom. The van der Waals surface area contributed by atoms with Gasteiger partial charge in [0, 0.05) is 39.8 Å². The highest BCUT2D eigenvalue weighted by Crippen LogP contribution is 2.27. The molecule has 7 nitrogen and oxygen atoms in total. The fourth-order valence-corrected chi connectivity index (χ4v) is 3.43. The topological polar surface area (TPSA) is 67.4 Å². The van der Waals surface area contributed by atoms with Crippen LogP contribution in [0, 0.1) is 0 Å². The summed E-state index contributed by atoms with van der Waals surface area (Å²) in [5.41, 5.74) is 1.19. The highest BCUT2D eigenvalue weighted by Gasteiger charge is 2.23. The fourth-order valence-electron chi connectivity index (χ4n) is 3.43. The van der Waals surface area contributed by atoms with Gasteiger partial charge in [0.1, 0.15) is 0 Å². The molecule has 152 valence electrons. The summed E-state index contributed by atoms with van der Waals surface area (Å²) >= 11 is 0. The molecular formula is C20H34N4O3. The number of benzene rings is 1. The minimum atomic E-state index is 0.546. The van der Waals surface area contributed by atoms with E-state index in [1.165, 1.54) is 18.4 Å². The van der Waals surface area contributed by atoms with Crippen LogP contribution in [0.1, 0.15) is 18.4 Å². The zero-order valence-corrected chi connectivity index (χ0v) is 17.1. The maximum absolute atomic E-state index is 5.36. The number of hydrogen-bond acceptors (Lipinski definition) is 5. The van der Waals surface area contributed by atoms with Crippen LogP contribution in [0.15, 0.2) is 23.2 Å². The lowest BCUT2D eigenvalue weighted by molar-refractivity contribution is 0.141. The highest BCUT2D eigenvalue weighted by atomic mass is 16.5. The molecule has 1 aliphatic heterocycles. The van der Waals surface area contributed by atoms with Gasteiger partial charge in [-0.15, -0.1) is 0 Å². The number of hydrogen-bond donors (Lipinski definition) is 2. The summed E-state index contributed by atoms with van der Waals surface area (Å²) in [4.78, 5) is 6.83. The largest absolute Gasteiger partial charge is 0.493 e. The monoisotopic (exact) mass is 378 g/mol. The van der Waals surface area contributed by atoms with E-state index < -0.39 is 0 Å². The third-order valence-corrected chi connectivity index (χ3v) is 4.96. The Morgan fingerprint density at radius 3 is 2.70 bits per heavy atom. The van der Waals surface area contributed by atoms with Crippen LogP contribution in [0.2, 0.25) is 0 Å². The molecule has 0 saturated carbocycles. The molecule has 0 aliphatic carbocycles. The van der Waals surface area contributed by atoms with Gasteiger partial charge in [-0.2, -0.15) is 0 Å². The van der Waals surface area contributed by atoms with Crippen LogP contribution in [0.4, 0.5) is 0 Å². The predicted octanol–water partition coefficient (Wildman–Crippen LogP) is 1.52. The Balaban J connectivity index is 1.75. The second-order valence-electron chi connectivity index (χ2n) is 6.64. The van der Waals surface area contributed by atoms with E-state index in [1.807, 2.05) is 19.2 Å². The van der Waals surface area contributed by atoms with Crippen LogP contribution in [0.5, 0.6) is 11.5 Å². The zero-order chi connectivity index (χ0) is 19.5. The molecule has 1 aliphatic rings. The summed E-state index contributed by atoms with van der Waals surface area (Å²) in [6.45, 7) is 4.64. The number of guanidine groups is 1. The minimum Gasteiger partial charge on any atom is -0.493 e. The molecule has 1 heterocycles. The molecule has 7 heteroatoms. The number of nitrogens with one attached hydrogen (secondary N) is 2. The summed E-state index contributed by atoms with van der Waals surface area (Å²) in [5, 5.41) is 6.85. The van der Waals surface area contributed by atoms with E-state index in [2.05, 4.69) is 26.6 Å². The summed E-state index contributed by atoms with van der Waals surface area (Å²) in [6, 6.07) is 6.56. The van der Waals surface area contributed by atoms with Crippen molar-refractivity contribution in [1.82, 2.24) is 15.5 Å². The summed E-state index contributed by atoms with van der Waals surface area (Å²) in [7, 11) is 6.87. The smallest absolute Gasteiger partial charge is 0.191 e. The van der Waals surface area contributed by atoms with Crippen molar-refractivity contribution in [2.24, 2.45) is 4.99 Å². The lowest BCUT2D eigenvalue weighted by Crippen LogP contribution is -2.45. The number of likely N-dealkylation sites (tertiary alicyclic amines) is 1. The molecule has 0 bridgehead atoms. The van der Waals surface area contributed by atoms with Crippen molar-refractivity contribution in [3.05, 3.63) is 23.8 Å². The first-order valence-electron chi connectivity index (χ1n) is 9.60. The van der Waals surface area contributed by atoms with Crippen molar-refractivity contribution < 1.29 is 14.2 Å². The van der Waals surface area contributed by atoms with Gasteiger partial charge in [0.25, 0.3) is 0 Å². The molecule has 2 N–H and O–H groups in total. The highest BCUT2D eigenvalue weighted by molar-refractivity contribution is 5.79. The van der Waals surface area contributed by atoms with Crippen molar-refractivity contribution >= 4 is 5.96 Å². The molecule has 1 aromatic rings. The Bertz CT molecular complexity index is 595. The van der Waals surface area contributed by atoms with Crippen LogP contribution >= 0.6 is 0 Å². The van der Waals surface area contributed by atoms with Gasteiger partial charge in [-0.3, -0.25) is 9.89 Å². The number of nitrogens with zero attached hydrogens (tertiary/aromatic N) is 2. The van der Waals surface area contributed by atoms with E-state index in [0.717, 1.165) is 56.7 Å². The fraction of sp³-hybridized carbons (Fsp3) is 0.650. The Hall–Kier alpha value is -1.99. The first-order chi connectivity index (χ1) is 13.2. The van der Waals surface area contributed by atoms with Gasteiger partial charge >= 0.3 is 0 Å². The van der Waals surface area contributed by atoms with E-state index in [0.29, 0.717) is 6.04 Å². The second kappa shape index (κ2) is 11.7. The summed E-state index contributed by atoms with van der Waals surface area (Å²) in [5.74, 6) is 2.35. The molecule has 0 spiro atoms. The van der Waals surface area contributed by atoms with Crippen molar-refractivity contribution in [2.45, 2.75) is 25.3 Å². The molecule has 2 rings (SSSR count). The van der Waals surface area contributed by atoms with Crippen LogP contribution < -0.4 is 20.1 Å². The van der Waals surface area contributed by atoms with Crippen LogP contribution in [-0.4, -0.2) is 78.1 Å². The van der Waals surface area contributed by atoms with Gasteiger partial charge in [-0.25, -0.2) is 0 Å². The van der Waals surface area contributed by atoms with Gasteiger partial charge in [-0.1, -0.05) is 6.07 Å². The normalized spacial score (nSPS) is 17.8. The van der Waals surface area contributed by atoms with Gasteiger partial charge in [0.15, 0.2) is 17.5 Å². The van der Waals surface area contributed by atoms with Crippen LogP contribution in [0.3, 0.4) is 0 Å². The van der Waals surface area contributed by atoms with Gasteiger partial charge in [0.05, 0.1) is 20.8 Å². The van der Waals surface area contributed by atoms with Crippen LogP contribution in [-0.2, 0) is 11.2 Å². The van der Waals surface area contributed by atoms with E-state index >= 15 is 0 Å². The van der Waals surface area contributed by atoms with Crippen molar-refractivity contribution in [2.75, 3.05) is 61.2 Å². The number of ether oxygens (including phenoxy) is 3. The Morgan fingerprint density at radius 1 is 1.19 bits per heavy atom. The maximum Gasteiger partial charge on any atom is 0.191 e. The van der Waals surface area contributed by atoms with Crippen LogP contribution in [0.25, 0.3) is 0 Å². The van der Waals surface area contributed by atoms with E-state index in [4.69, 9.17) is 14.2 Å². The molecule has 1 fully saturated rings. The molecule has 0 radical (unpaired) electrons. The second-order valence-corrected chi connectivity index (χ2v) is 6.64. The van der Waals surface area contributed by atoms with E-state index in [1.54, 1.807) is 21.3 Å². The summed E-state index contributed by atoms with van der Waals surface area (Å²) in [6.07, 6.45) is 3.35. The molecule has 0 amide bonds. The Labute approximate surface area is 163 Å². The number of rotatable bonds is 10. The maximum atomic E-state index is 5.36. The summed E-state index contributed by atoms with van der Waals surface area (Å²) < 4.78 is 15.9. The number of aliphatic imine (C=N–C) groups is 1. The minimum absolute atomic E-state index is 0.546. The lowest BCUT2D eigenvalue weighted by atomic mass is 10.1. The first-order valence-corrected chi connectivity index (χ1v) is 9.60. The molecular weight excluding hydrogens is 344 g/mol.